The minimum atomic E-state index is -0.0163. The van der Waals surface area contributed by atoms with E-state index in [2.05, 4.69) is 12.2 Å². The number of aliphatic hydroxyl groups is 1. The minimum absolute atomic E-state index is 0.0163. The molecule has 2 bridgehead atoms. The summed E-state index contributed by atoms with van der Waals surface area (Å²) in [7, 11) is 0. The minimum Gasteiger partial charge on any atom is -0.395 e. The maximum Gasteiger partial charge on any atom is 0.149 e. The Morgan fingerprint density at radius 1 is 1.41 bits per heavy atom. The molecule has 3 heteroatoms. The molecule has 0 radical (unpaired) electrons. The second kappa shape index (κ2) is 5.49. The van der Waals surface area contributed by atoms with Gasteiger partial charge in [0.15, 0.2) is 0 Å². The van der Waals surface area contributed by atoms with Gasteiger partial charge in [-0.25, -0.2) is 0 Å². The zero-order valence-corrected chi connectivity index (χ0v) is 11.0. The lowest BCUT2D eigenvalue weighted by atomic mass is 9.74. The first-order chi connectivity index (χ1) is 8.19. The van der Waals surface area contributed by atoms with Gasteiger partial charge in [0, 0.05) is 13.0 Å². The van der Waals surface area contributed by atoms with Crippen LogP contribution in [0, 0.1) is 23.7 Å². The molecule has 0 spiro atoms. The summed E-state index contributed by atoms with van der Waals surface area (Å²) in [6, 6.07) is -0.0163. The van der Waals surface area contributed by atoms with E-state index in [1.54, 1.807) is 0 Å². The lowest BCUT2D eigenvalue weighted by Gasteiger charge is -2.34. The van der Waals surface area contributed by atoms with Gasteiger partial charge in [0.25, 0.3) is 0 Å². The van der Waals surface area contributed by atoms with E-state index in [1.807, 2.05) is 6.92 Å². The predicted molar refractivity (Wildman–Crippen MR) is 67.7 cm³/mol. The molecule has 0 heterocycles. The third-order valence-corrected chi connectivity index (χ3v) is 4.97. The first kappa shape index (κ1) is 13.0. The van der Waals surface area contributed by atoms with E-state index in [-0.39, 0.29) is 12.6 Å². The van der Waals surface area contributed by atoms with Crippen molar-refractivity contribution in [2.75, 3.05) is 13.2 Å². The summed E-state index contributed by atoms with van der Waals surface area (Å²) in [6.45, 7) is 4.90. The molecule has 2 fully saturated rings. The van der Waals surface area contributed by atoms with E-state index >= 15 is 0 Å². The SMILES string of the molecule is CCC(=O)C(NCCO)C1C2CCC(C2)C1C. The van der Waals surface area contributed by atoms with Gasteiger partial charge in [-0.15, -0.1) is 0 Å². The Morgan fingerprint density at radius 2 is 2.12 bits per heavy atom. The predicted octanol–water partition coefficient (Wildman–Crippen LogP) is 1.60. The van der Waals surface area contributed by atoms with Crippen molar-refractivity contribution >= 4 is 5.78 Å². The Kier molecular flexibility index (Phi) is 4.21. The topological polar surface area (TPSA) is 49.3 Å². The Morgan fingerprint density at radius 3 is 2.65 bits per heavy atom. The van der Waals surface area contributed by atoms with Gasteiger partial charge in [-0.3, -0.25) is 4.79 Å². The van der Waals surface area contributed by atoms with E-state index in [1.165, 1.54) is 19.3 Å². The number of ketones is 1. The van der Waals surface area contributed by atoms with Crippen LogP contribution in [0.2, 0.25) is 0 Å². The number of hydrogen-bond donors (Lipinski definition) is 2. The quantitative estimate of drug-likeness (QED) is 0.740. The Bertz CT molecular complexity index is 277. The third kappa shape index (κ3) is 2.41. The zero-order valence-electron chi connectivity index (χ0n) is 11.0. The molecule has 0 aromatic carbocycles. The van der Waals surface area contributed by atoms with Gasteiger partial charge in [-0.05, 0) is 42.9 Å². The second-order valence-electron chi connectivity index (χ2n) is 5.74. The van der Waals surface area contributed by atoms with Gasteiger partial charge in [-0.2, -0.15) is 0 Å². The summed E-state index contributed by atoms with van der Waals surface area (Å²) >= 11 is 0. The van der Waals surface area contributed by atoms with Gasteiger partial charge < -0.3 is 10.4 Å². The number of aliphatic hydroxyl groups excluding tert-OH is 1. The Balaban J connectivity index is 2.07. The molecular weight excluding hydrogens is 214 g/mol. The highest BCUT2D eigenvalue weighted by Gasteiger charge is 2.49. The highest BCUT2D eigenvalue weighted by Crippen LogP contribution is 2.53. The molecule has 2 saturated carbocycles. The molecule has 0 saturated heterocycles. The fourth-order valence-corrected chi connectivity index (χ4v) is 4.10. The van der Waals surface area contributed by atoms with Crippen molar-refractivity contribution in [3.8, 4) is 0 Å². The molecule has 3 nitrogen and oxygen atoms in total. The maximum absolute atomic E-state index is 12.1. The average molecular weight is 239 g/mol. The molecule has 17 heavy (non-hydrogen) atoms. The smallest absolute Gasteiger partial charge is 0.149 e. The molecule has 5 unspecified atom stereocenters. The van der Waals surface area contributed by atoms with E-state index in [0.717, 1.165) is 11.8 Å². The molecule has 98 valence electrons. The normalized spacial score (nSPS) is 37.4. The summed E-state index contributed by atoms with van der Waals surface area (Å²) in [4.78, 5) is 12.1. The van der Waals surface area contributed by atoms with Crippen molar-refractivity contribution in [3.05, 3.63) is 0 Å². The van der Waals surface area contributed by atoms with E-state index in [0.29, 0.717) is 30.6 Å². The first-order valence-corrected chi connectivity index (χ1v) is 7.06. The van der Waals surface area contributed by atoms with Crippen LogP contribution in [0.1, 0.15) is 39.5 Å². The van der Waals surface area contributed by atoms with E-state index < -0.39 is 0 Å². The van der Waals surface area contributed by atoms with Crippen LogP contribution in [0.4, 0.5) is 0 Å². The van der Waals surface area contributed by atoms with Crippen molar-refractivity contribution in [2.45, 2.75) is 45.6 Å². The molecule has 2 aliphatic carbocycles. The molecule has 2 aliphatic rings. The molecular formula is C14H25NO2. The summed E-state index contributed by atoms with van der Waals surface area (Å²) in [5.74, 6) is 3.07. The van der Waals surface area contributed by atoms with Crippen LogP contribution in [0.5, 0.6) is 0 Å². The van der Waals surface area contributed by atoms with Crippen LogP contribution in [0.25, 0.3) is 0 Å². The van der Waals surface area contributed by atoms with E-state index in [4.69, 9.17) is 5.11 Å². The van der Waals surface area contributed by atoms with Crippen molar-refractivity contribution in [3.63, 3.8) is 0 Å². The number of fused-ring (bicyclic) bond motifs is 2. The van der Waals surface area contributed by atoms with Gasteiger partial charge in [-0.1, -0.05) is 13.8 Å². The van der Waals surface area contributed by atoms with Crippen LogP contribution in [0.3, 0.4) is 0 Å². The fraction of sp³-hybridized carbons (Fsp3) is 0.929. The Hall–Kier alpha value is -0.410. The number of rotatable bonds is 6. The van der Waals surface area contributed by atoms with Crippen LogP contribution in [-0.4, -0.2) is 30.1 Å². The molecule has 0 aromatic heterocycles. The number of hydrogen-bond acceptors (Lipinski definition) is 3. The molecule has 0 amide bonds. The average Bonchev–Trinajstić information content (AvgIpc) is 2.91. The molecule has 0 aliphatic heterocycles. The molecule has 2 N–H and O–H groups in total. The standard InChI is InChI=1S/C14H25NO2/c1-3-12(17)14(15-6-7-16)13-9(2)10-4-5-11(13)8-10/h9-11,13-16H,3-8H2,1-2H3. The van der Waals surface area contributed by atoms with Gasteiger partial charge >= 0.3 is 0 Å². The highest BCUT2D eigenvalue weighted by atomic mass is 16.3. The Labute approximate surface area is 104 Å². The van der Waals surface area contributed by atoms with Crippen molar-refractivity contribution in [1.82, 2.24) is 5.32 Å². The fourth-order valence-electron chi connectivity index (χ4n) is 4.10. The number of Topliss-reactive ketones (excluding diaryl/α,β-unsaturated/α-hetero) is 1. The summed E-state index contributed by atoms with van der Waals surface area (Å²) in [5, 5.41) is 12.2. The second-order valence-corrected chi connectivity index (χ2v) is 5.74. The monoisotopic (exact) mass is 239 g/mol. The summed E-state index contributed by atoms with van der Waals surface area (Å²) < 4.78 is 0. The molecule has 2 rings (SSSR count). The van der Waals surface area contributed by atoms with Crippen molar-refractivity contribution in [2.24, 2.45) is 23.7 Å². The summed E-state index contributed by atoms with van der Waals surface area (Å²) in [5.41, 5.74) is 0. The number of carbonyl (C=O) groups is 1. The van der Waals surface area contributed by atoms with E-state index in [9.17, 15) is 4.79 Å². The van der Waals surface area contributed by atoms with Crippen molar-refractivity contribution < 1.29 is 9.90 Å². The first-order valence-electron chi connectivity index (χ1n) is 7.06. The van der Waals surface area contributed by atoms with Crippen LogP contribution in [-0.2, 0) is 4.79 Å². The summed E-state index contributed by atoms with van der Waals surface area (Å²) in [6.07, 6.45) is 4.58. The number of carbonyl (C=O) groups excluding carboxylic acids is 1. The molecule has 0 aromatic rings. The maximum atomic E-state index is 12.1. The van der Waals surface area contributed by atoms with Crippen molar-refractivity contribution in [1.29, 1.82) is 0 Å². The molecule has 5 atom stereocenters. The third-order valence-electron chi connectivity index (χ3n) is 4.97. The van der Waals surface area contributed by atoms with Crippen LogP contribution < -0.4 is 5.32 Å². The van der Waals surface area contributed by atoms with Gasteiger partial charge in [0.05, 0.1) is 12.6 Å². The van der Waals surface area contributed by atoms with Crippen LogP contribution in [0.15, 0.2) is 0 Å². The number of nitrogens with one attached hydrogen (secondary N) is 1. The lowest BCUT2D eigenvalue weighted by molar-refractivity contribution is -0.123. The largest absolute Gasteiger partial charge is 0.395 e. The van der Waals surface area contributed by atoms with Crippen LogP contribution >= 0.6 is 0 Å². The highest BCUT2D eigenvalue weighted by molar-refractivity contribution is 5.84. The lowest BCUT2D eigenvalue weighted by Crippen LogP contribution is -2.48. The zero-order chi connectivity index (χ0) is 12.4. The van der Waals surface area contributed by atoms with Gasteiger partial charge in [0.2, 0.25) is 0 Å². The van der Waals surface area contributed by atoms with Gasteiger partial charge in [0.1, 0.15) is 5.78 Å².